The third kappa shape index (κ3) is 5.27. The van der Waals surface area contributed by atoms with Crippen LogP contribution in [0.25, 0.3) is 0 Å². The lowest BCUT2D eigenvalue weighted by Gasteiger charge is -2.10. The van der Waals surface area contributed by atoms with Gasteiger partial charge in [0.1, 0.15) is 5.75 Å². The maximum atomic E-state index is 11.8. The molecule has 0 aromatic heterocycles. The first-order valence-electron chi connectivity index (χ1n) is 7.25. The number of carbonyl (C=O) groups is 1. The molecular formula is C17H17BrN2O4. The molecule has 7 heteroatoms. The molecule has 0 bridgehead atoms. The molecule has 2 aromatic carbocycles. The molecule has 0 heterocycles. The van der Waals surface area contributed by atoms with Gasteiger partial charge in [0.2, 0.25) is 0 Å². The molecule has 0 saturated heterocycles. The number of phenolic OH excluding ortho intramolecular Hbond substituents is 1. The van der Waals surface area contributed by atoms with Crippen molar-refractivity contribution >= 4 is 28.1 Å². The summed E-state index contributed by atoms with van der Waals surface area (Å²) >= 11 is 3.30. The minimum Gasteiger partial charge on any atom is -0.507 e. The first-order valence-corrected chi connectivity index (χ1v) is 8.04. The summed E-state index contributed by atoms with van der Waals surface area (Å²) in [6.45, 7) is 2.18. The van der Waals surface area contributed by atoms with Crippen molar-refractivity contribution in [2.24, 2.45) is 5.10 Å². The fourth-order valence-corrected chi connectivity index (χ4v) is 2.20. The number of aromatic hydroxyl groups is 1. The topological polar surface area (TPSA) is 80.2 Å². The van der Waals surface area contributed by atoms with E-state index >= 15 is 0 Å². The van der Waals surface area contributed by atoms with E-state index in [1.54, 1.807) is 30.3 Å². The van der Waals surface area contributed by atoms with Gasteiger partial charge >= 0.3 is 0 Å². The number of amides is 1. The van der Waals surface area contributed by atoms with Crippen molar-refractivity contribution in [2.75, 3.05) is 13.2 Å². The van der Waals surface area contributed by atoms with E-state index < -0.39 is 5.91 Å². The van der Waals surface area contributed by atoms with Crippen LogP contribution in [0.4, 0.5) is 0 Å². The van der Waals surface area contributed by atoms with Crippen LogP contribution < -0.4 is 14.9 Å². The third-order valence-electron chi connectivity index (χ3n) is 2.89. The van der Waals surface area contributed by atoms with Gasteiger partial charge in [-0.15, -0.1) is 0 Å². The molecule has 0 spiro atoms. The summed E-state index contributed by atoms with van der Waals surface area (Å²) in [5.74, 6) is 0.712. The normalized spacial score (nSPS) is 10.6. The number of halogens is 1. The zero-order chi connectivity index (χ0) is 17.4. The van der Waals surface area contributed by atoms with Gasteiger partial charge in [0.25, 0.3) is 5.91 Å². The number of carbonyl (C=O) groups excluding carboxylic acids is 1. The lowest BCUT2D eigenvalue weighted by Crippen LogP contribution is -2.24. The highest BCUT2D eigenvalue weighted by atomic mass is 79.9. The second kappa shape index (κ2) is 8.93. The van der Waals surface area contributed by atoms with Crippen LogP contribution in [0.2, 0.25) is 0 Å². The molecular weight excluding hydrogens is 376 g/mol. The Labute approximate surface area is 148 Å². The molecule has 126 valence electrons. The minimum atomic E-state index is -0.424. The summed E-state index contributed by atoms with van der Waals surface area (Å²) < 4.78 is 11.6. The second-order valence-electron chi connectivity index (χ2n) is 4.66. The zero-order valence-corrected chi connectivity index (χ0v) is 14.6. The Kier molecular flexibility index (Phi) is 6.62. The van der Waals surface area contributed by atoms with E-state index in [9.17, 15) is 9.90 Å². The number of phenols is 1. The number of hydrazone groups is 1. The van der Waals surface area contributed by atoms with Gasteiger partial charge in [0.15, 0.2) is 18.1 Å². The zero-order valence-electron chi connectivity index (χ0n) is 13.0. The molecule has 0 unspecified atom stereocenters. The third-order valence-corrected chi connectivity index (χ3v) is 3.38. The Bertz CT molecular complexity index is 734. The molecule has 2 rings (SSSR count). The van der Waals surface area contributed by atoms with Crippen LogP contribution in [0.3, 0.4) is 0 Å². The fraction of sp³-hybridized carbons (Fsp3) is 0.176. The lowest BCUT2D eigenvalue weighted by molar-refractivity contribution is -0.123. The average molecular weight is 393 g/mol. The van der Waals surface area contributed by atoms with Crippen LogP contribution in [-0.2, 0) is 4.79 Å². The summed E-state index contributed by atoms with van der Waals surface area (Å²) in [4.78, 5) is 11.8. The molecule has 0 saturated carbocycles. The molecule has 0 atom stereocenters. The Morgan fingerprint density at radius 3 is 2.67 bits per heavy atom. The van der Waals surface area contributed by atoms with Gasteiger partial charge in [-0.1, -0.05) is 28.1 Å². The molecule has 0 aliphatic heterocycles. The van der Waals surface area contributed by atoms with Crippen molar-refractivity contribution in [3.63, 3.8) is 0 Å². The Morgan fingerprint density at radius 2 is 1.96 bits per heavy atom. The van der Waals surface area contributed by atoms with Gasteiger partial charge < -0.3 is 14.6 Å². The molecule has 0 aliphatic carbocycles. The smallest absolute Gasteiger partial charge is 0.277 e. The summed E-state index contributed by atoms with van der Waals surface area (Å²) in [5, 5.41) is 13.5. The Hall–Kier alpha value is -2.54. The van der Waals surface area contributed by atoms with Gasteiger partial charge in [0, 0.05) is 10.0 Å². The van der Waals surface area contributed by atoms with E-state index in [-0.39, 0.29) is 12.4 Å². The average Bonchev–Trinajstić information content (AvgIpc) is 2.57. The number of nitrogens with zero attached hydrogens (tertiary/aromatic N) is 1. The van der Waals surface area contributed by atoms with E-state index in [0.717, 1.165) is 4.47 Å². The standard InChI is InChI=1S/C17H17BrN2O4/c1-2-23-15-5-3-4-6-16(15)24-11-17(22)20-19-10-12-9-13(18)7-8-14(12)21/h3-10,21H,2,11H2,1H3,(H,20,22)/b19-10+. The largest absolute Gasteiger partial charge is 0.507 e. The van der Waals surface area contributed by atoms with Crippen LogP contribution in [0.15, 0.2) is 52.0 Å². The number of para-hydroxylation sites is 2. The van der Waals surface area contributed by atoms with E-state index in [1.807, 2.05) is 13.0 Å². The number of benzene rings is 2. The molecule has 2 N–H and O–H groups in total. The van der Waals surface area contributed by atoms with E-state index in [1.165, 1.54) is 12.3 Å². The molecule has 1 amide bonds. The van der Waals surface area contributed by atoms with Gasteiger partial charge in [-0.3, -0.25) is 4.79 Å². The quantitative estimate of drug-likeness (QED) is 0.560. The molecule has 6 nitrogen and oxygen atoms in total. The fourth-order valence-electron chi connectivity index (χ4n) is 1.82. The summed E-state index contributed by atoms with van der Waals surface area (Å²) in [7, 11) is 0. The van der Waals surface area contributed by atoms with Crippen molar-refractivity contribution in [1.29, 1.82) is 0 Å². The van der Waals surface area contributed by atoms with Crippen LogP contribution in [0.5, 0.6) is 17.2 Å². The first kappa shape index (κ1) is 17.8. The highest BCUT2D eigenvalue weighted by Crippen LogP contribution is 2.26. The predicted molar refractivity (Wildman–Crippen MR) is 94.6 cm³/mol. The first-order chi connectivity index (χ1) is 11.6. The van der Waals surface area contributed by atoms with Gasteiger partial charge in [-0.05, 0) is 37.3 Å². The van der Waals surface area contributed by atoms with Crippen LogP contribution in [-0.4, -0.2) is 30.4 Å². The Morgan fingerprint density at radius 1 is 1.25 bits per heavy atom. The molecule has 0 radical (unpaired) electrons. The second-order valence-corrected chi connectivity index (χ2v) is 5.58. The van der Waals surface area contributed by atoms with E-state index in [2.05, 4.69) is 26.5 Å². The number of nitrogens with one attached hydrogen (secondary N) is 1. The number of ether oxygens (including phenoxy) is 2. The van der Waals surface area contributed by atoms with Crippen LogP contribution >= 0.6 is 15.9 Å². The van der Waals surface area contributed by atoms with Crippen molar-refractivity contribution in [3.05, 3.63) is 52.5 Å². The number of rotatable bonds is 7. The summed E-state index contributed by atoms with van der Waals surface area (Å²) in [6.07, 6.45) is 1.35. The van der Waals surface area contributed by atoms with Crippen molar-refractivity contribution in [2.45, 2.75) is 6.92 Å². The lowest BCUT2D eigenvalue weighted by atomic mass is 10.2. The summed E-state index contributed by atoms with van der Waals surface area (Å²) in [6, 6.07) is 12.0. The highest BCUT2D eigenvalue weighted by molar-refractivity contribution is 9.10. The molecule has 2 aromatic rings. The Balaban J connectivity index is 1.88. The maximum absolute atomic E-state index is 11.8. The van der Waals surface area contributed by atoms with Crippen LogP contribution in [0.1, 0.15) is 12.5 Å². The van der Waals surface area contributed by atoms with Gasteiger partial charge in [-0.25, -0.2) is 5.43 Å². The minimum absolute atomic E-state index is 0.0677. The van der Waals surface area contributed by atoms with Gasteiger partial charge in [-0.2, -0.15) is 5.10 Å². The van der Waals surface area contributed by atoms with Crippen molar-refractivity contribution < 1.29 is 19.4 Å². The predicted octanol–water partition coefficient (Wildman–Crippen LogP) is 3.08. The SMILES string of the molecule is CCOc1ccccc1OCC(=O)N/N=C/c1cc(Br)ccc1O. The maximum Gasteiger partial charge on any atom is 0.277 e. The number of hydrogen-bond donors (Lipinski definition) is 2. The molecule has 24 heavy (non-hydrogen) atoms. The summed E-state index contributed by atoms with van der Waals surface area (Å²) in [5.41, 5.74) is 2.82. The molecule has 0 aliphatic rings. The molecule has 0 fully saturated rings. The highest BCUT2D eigenvalue weighted by Gasteiger charge is 2.06. The van der Waals surface area contributed by atoms with Crippen LogP contribution in [0, 0.1) is 0 Å². The number of hydrogen-bond acceptors (Lipinski definition) is 5. The monoisotopic (exact) mass is 392 g/mol. The van der Waals surface area contributed by atoms with Crippen molar-refractivity contribution in [3.8, 4) is 17.2 Å². The van der Waals surface area contributed by atoms with E-state index in [4.69, 9.17) is 9.47 Å². The van der Waals surface area contributed by atoms with Gasteiger partial charge in [0.05, 0.1) is 12.8 Å². The van der Waals surface area contributed by atoms with E-state index in [0.29, 0.717) is 23.7 Å². The van der Waals surface area contributed by atoms with Crippen molar-refractivity contribution in [1.82, 2.24) is 5.43 Å².